The summed E-state index contributed by atoms with van der Waals surface area (Å²) in [5.41, 5.74) is 7.44. The van der Waals surface area contributed by atoms with Gasteiger partial charge in [0.15, 0.2) is 0 Å². The minimum absolute atomic E-state index is 0.857. The van der Waals surface area contributed by atoms with Crippen LogP contribution in [0.3, 0.4) is 0 Å². The van der Waals surface area contributed by atoms with Gasteiger partial charge >= 0.3 is 0 Å². The highest BCUT2D eigenvalue weighted by Crippen LogP contribution is 2.55. The first-order chi connectivity index (χ1) is 25.5. The van der Waals surface area contributed by atoms with Gasteiger partial charge < -0.3 is 14.1 Å². The Bertz CT molecular complexity index is 2650. The molecule has 6 heteroatoms. The van der Waals surface area contributed by atoms with Crippen molar-refractivity contribution in [3.8, 4) is 33.9 Å². The summed E-state index contributed by atoms with van der Waals surface area (Å²) in [4.78, 5) is 7.33. The maximum atomic E-state index is 6.73. The largest absolute Gasteiger partial charge is 0.455 e. The second-order valence-electron chi connectivity index (χ2n) is 13.7. The van der Waals surface area contributed by atoms with Crippen molar-refractivity contribution in [3.05, 3.63) is 164 Å². The monoisotopic (exact) mass is 723 g/mol. The molecule has 2 aliphatic heterocycles. The van der Waals surface area contributed by atoms with Crippen LogP contribution in [0.4, 0.5) is 17.1 Å². The van der Waals surface area contributed by atoms with Gasteiger partial charge in [-0.1, -0.05) is 146 Å². The first-order valence-corrected chi connectivity index (χ1v) is 22.1. The summed E-state index contributed by atoms with van der Waals surface area (Å²) >= 11 is 3.67. The fourth-order valence-electron chi connectivity index (χ4n) is 7.65. The van der Waals surface area contributed by atoms with Gasteiger partial charge in [-0.05, 0) is 70.5 Å². The quantitative estimate of drug-likeness (QED) is 0.165. The summed E-state index contributed by atoms with van der Waals surface area (Å²) in [6.45, 7) is 4.97. The molecular formula is C46H33NO2S2Si. The second-order valence-corrected chi connectivity index (χ2v) is 20.1. The number of hydrogen-bond donors (Lipinski definition) is 0. The van der Waals surface area contributed by atoms with Crippen molar-refractivity contribution >= 4 is 70.0 Å². The van der Waals surface area contributed by atoms with Crippen molar-refractivity contribution in [2.45, 2.75) is 32.7 Å². The average molecular weight is 724 g/mol. The molecule has 0 spiro atoms. The number of benzene rings is 7. The van der Waals surface area contributed by atoms with Gasteiger partial charge in [-0.2, -0.15) is 0 Å². The lowest BCUT2D eigenvalue weighted by Gasteiger charge is -2.37. The molecule has 0 bridgehead atoms. The normalized spacial score (nSPS) is 13.7. The highest BCUT2D eigenvalue weighted by molar-refractivity contribution is 8.00. The number of furan rings is 1. The fraction of sp³-hybridized carbons (Fsp3) is 0.0435. The third kappa shape index (κ3) is 5.05. The van der Waals surface area contributed by atoms with Gasteiger partial charge in [0.1, 0.15) is 30.9 Å². The zero-order valence-corrected chi connectivity index (χ0v) is 31.3. The Labute approximate surface area is 312 Å². The maximum Gasteiger partial charge on any atom is 0.143 e. The van der Waals surface area contributed by atoms with E-state index in [1.165, 1.54) is 20.2 Å². The van der Waals surface area contributed by atoms with E-state index in [0.717, 1.165) is 71.8 Å². The molecule has 2 aliphatic rings. The number of fused-ring (bicyclic) bond motifs is 5. The minimum Gasteiger partial charge on any atom is -0.455 e. The van der Waals surface area contributed by atoms with Gasteiger partial charge in [-0.15, -0.1) is 0 Å². The van der Waals surface area contributed by atoms with E-state index >= 15 is 0 Å². The predicted octanol–water partition coefficient (Wildman–Crippen LogP) is 12.8. The van der Waals surface area contributed by atoms with Crippen LogP contribution in [0.2, 0.25) is 13.1 Å². The maximum absolute atomic E-state index is 6.73. The smallest absolute Gasteiger partial charge is 0.143 e. The van der Waals surface area contributed by atoms with Crippen molar-refractivity contribution in [2.24, 2.45) is 0 Å². The van der Waals surface area contributed by atoms with Gasteiger partial charge in [-0.3, -0.25) is 0 Å². The molecule has 52 heavy (non-hydrogen) atoms. The molecule has 0 atom stereocenters. The number of para-hydroxylation sites is 1. The van der Waals surface area contributed by atoms with Crippen molar-refractivity contribution < 1.29 is 9.15 Å². The Morgan fingerprint density at radius 2 is 1.13 bits per heavy atom. The van der Waals surface area contributed by atoms with Gasteiger partial charge in [0, 0.05) is 32.0 Å². The summed E-state index contributed by atoms with van der Waals surface area (Å²) in [5.74, 6) is 2.63. The Morgan fingerprint density at radius 3 is 1.94 bits per heavy atom. The predicted molar refractivity (Wildman–Crippen MR) is 220 cm³/mol. The van der Waals surface area contributed by atoms with E-state index in [2.05, 4.69) is 164 Å². The van der Waals surface area contributed by atoms with Crippen LogP contribution in [-0.4, -0.2) is 8.07 Å². The molecule has 250 valence electrons. The van der Waals surface area contributed by atoms with Crippen molar-refractivity contribution in [1.82, 2.24) is 0 Å². The highest BCUT2D eigenvalue weighted by atomic mass is 32.2. The molecule has 0 saturated heterocycles. The molecular weight excluding hydrogens is 691 g/mol. The highest BCUT2D eigenvalue weighted by Gasteiger charge is 2.37. The molecule has 0 N–H and O–H groups in total. The molecule has 0 radical (unpaired) electrons. The molecule has 0 saturated carbocycles. The molecule has 7 aromatic carbocycles. The minimum atomic E-state index is -2.01. The Balaban J connectivity index is 1.24. The Morgan fingerprint density at radius 1 is 0.519 bits per heavy atom. The Kier molecular flexibility index (Phi) is 7.46. The topological polar surface area (TPSA) is 25.6 Å². The number of ether oxygens (including phenoxy) is 1. The molecule has 10 rings (SSSR count). The SMILES string of the molecule is C[Si]1(C)c2ccccc2Sc2c(N(c3ccc4oc(-c5ccccc5)c(-c5ccccc5)c4c3)c3cccc4c3Sc3ccccc3O4)cccc21. The van der Waals surface area contributed by atoms with Crippen LogP contribution in [-0.2, 0) is 0 Å². The van der Waals surface area contributed by atoms with E-state index in [1.807, 2.05) is 30.0 Å². The number of nitrogens with zero attached hydrogens (tertiary/aromatic N) is 1. The van der Waals surface area contributed by atoms with Gasteiger partial charge in [-0.25, -0.2) is 0 Å². The van der Waals surface area contributed by atoms with Crippen LogP contribution < -0.4 is 20.0 Å². The lowest BCUT2D eigenvalue weighted by Crippen LogP contribution is -2.56. The van der Waals surface area contributed by atoms with Crippen LogP contribution in [0.15, 0.2) is 188 Å². The lowest BCUT2D eigenvalue weighted by molar-refractivity contribution is 0.455. The molecule has 3 heterocycles. The summed E-state index contributed by atoms with van der Waals surface area (Å²) in [5, 5.41) is 4.03. The van der Waals surface area contributed by atoms with Crippen LogP contribution in [0.5, 0.6) is 11.5 Å². The van der Waals surface area contributed by atoms with Crippen LogP contribution in [0.1, 0.15) is 0 Å². The third-order valence-electron chi connectivity index (χ3n) is 10.2. The molecule has 1 aromatic heterocycles. The third-order valence-corrected chi connectivity index (χ3v) is 16.5. The fourth-order valence-corrected chi connectivity index (χ4v) is 14.2. The van der Waals surface area contributed by atoms with E-state index in [1.54, 1.807) is 11.8 Å². The standard InChI is InChI=1S/C46H33NO2S2Si/c1-52(2)41-25-12-11-24-40(41)51-46-35(20-14-26-42(46)52)47(34-19-13-22-38-45(34)50-39-23-10-9-21-37(39)48-38)32-27-28-36-33(29-32)43(30-15-5-3-6-16-30)44(49-36)31-17-7-4-8-18-31/h3-29H,1-2H3. The van der Waals surface area contributed by atoms with E-state index in [-0.39, 0.29) is 0 Å². The molecule has 0 fully saturated rings. The van der Waals surface area contributed by atoms with E-state index < -0.39 is 8.07 Å². The van der Waals surface area contributed by atoms with Gasteiger partial charge in [0.25, 0.3) is 0 Å². The van der Waals surface area contributed by atoms with E-state index in [4.69, 9.17) is 9.15 Å². The number of hydrogen-bond acceptors (Lipinski definition) is 5. The average Bonchev–Trinajstić information content (AvgIpc) is 3.57. The first kappa shape index (κ1) is 31.3. The van der Waals surface area contributed by atoms with Gasteiger partial charge in [0.05, 0.1) is 21.2 Å². The van der Waals surface area contributed by atoms with Crippen molar-refractivity contribution in [3.63, 3.8) is 0 Å². The molecule has 0 amide bonds. The van der Waals surface area contributed by atoms with E-state index in [9.17, 15) is 0 Å². The second kappa shape index (κ2) is 12.4. The first-order valence-electron chi connectivity index (χ1n) is 17.5. The molecule has 8 aromatic rings. The van der Waals surface area contributed by atoms with Crippen LogP contribution in [0.25, 0.3) is 33.4 Å². The van der Waals surface area contributed by atoms with Crippen molar-refractivity contribution in [2.75, 3.05) is 4.90 Å². The summed E-state index contributed by atoms with van der Waals surface area (Å²) in [6, 6.07) is 58.3. The summed E-state index contributed by atoms with van der Waals surface area (Å²) in [6.07, 6.45) is 0. The zero-order valence-electron chi connectivity index (χ0n) is 28.7. The van der Waals surface area contributed by atoms with Crippen LogP contribution >= 0.6 is 23.5 Å². The molecule has 3 nitrogen and oxygen atoms in total. The molecule has 0 unspecified atom stereocenters. The lowest BCUT2D eigenvalue weighted by atomic mass is 9.98. The molecule has 0 aliphatic carbocycles. The van der Waals surface area contributed by atoms with Crippen molar-refractivity contribution in [1.29, 1.82) is 0 Å². The zero-order chi connectivity index (χ0) is 34.8. The van der Waals surface area contributed by atoms with Crippen LogP contribution in [0, 0.1) is 0 Å². The summed E-state index contributed by atoms with van der Waals surface area (Å²) in [7, 11) is -2.01. The number of rotatable bonds is 5. The van der Waals surface area contributed by atoms with Gasteiger partial charge in [0.2, 0.25) is 0 Å². The summed E-state index contributed by atoms with van der Waals surface area (Å²) < 4.78 is 13.3. The Hall–Kier alpha value is -5.40. The van der Waals surface area contributed by atoms with E-state index in [0.29, 0.717) is 0 Å². The number of anilines is 3.